The minimum atomic E-state index is -3.41. The maximum atomic E-state index is 12.8. The first kappa shape index (κ1) is 15.5. The van der Waals surface area contributed by atoms with E-state index in [-0.39, 0.29) is 5.91 Å². The highest BCUT2D eigenvalue weighted by Gasteiger charge is 2.27. The van der Waals surface area contributed by atoms with Crippen molar-refractivity contribution in [3.8, 4) is 0 Å². The summed E-state index contributed by atoms with van der Waals surface area (Å²) in [4.78, 5) is 13.9. The predicted octanol–water partition coefficient (Wildman–Crippen LogP) is 2.16. The average Bonchev–Trinajstić information content (AvgIpc) is 2.67. The van der Waals surface area contributed by atoms with E-state index in [0.29, 0.717) is 24.4 Å². The highest BCUT2D eigenvalue weighted by molar-refractivity contribution is 7.89. The van der Waals surface area contributed by atoms with Crippen LogP contribution in [0.4, 0.5) is 5.69 Å². The summed E-state index contributed by atoms with van der Waals surface area (Å²) in [6.45, 7) is 1.22. The summed E-state index contributed by atoms with van der Waals surface area (Å²) in [6.07, 6.45) is 4.99. The fraction of sp³-hybridized carbons (Fsp3) is 0.562. The van der Waals surface area contributed by atoms with E-state index in [0.717, 1.165) is 43.4 Å². The van der Waals surface area contributed by atoms with Crippen molar-refractivity contribution in [1.29, 1.82) is 0 Å². The Kier molecular flexibility index (Phi) is 4.23. The Balaban J connectivity index is 1.96. The van der Waals surface area contributed by atoms with E-state index < -0.39 is 10.0 Å². The van der Waals surface area contributed by atoms with Crippen LogP contribution in [0.15, 0.2) is 23.1 Å². The van der Waals surface area contributed by atoms with Gasteiger partial charge >= 0.3 is 0 Å². The molecule has 120 valence electrons. The van der Waals surface area contributed by atoms with Gasteiger partial charge in [0.2, 0.25) is 15.9 Å². The highest BCUT2D eigenvalue weighted by Crippen LogP contribution is 2.30. The molecule has 2 heterocycles. The van der Waals surface area contributed by atoms with Gasteiger partial charge in [-0.3, -0.25) is 4.79 Å². The number of benzene rings is 1. The Morgan fingerprint density at radius 2 is 1.73 bits per heavy atom. The third-order valence-electron chi connectivity index (χ3n) is 4.58. The van der Waals surface area contributed by atoms with Crippen molar-refractivity contribution in [3.05, 3.63) is 23.8 Å². The van der Waals surface area contributed by atoms with Crippen molar-refractivity contribution in [2.24, 2.45) is 0 Å². The number of carbonyl (C=O) groups excluding carboxylic acids is 1. The number of aryl methyl sites for hydroxylation is 1. The van der Waals surface area contributed by atoms with Gasteiger partial charge in [0.25, 0.3) is 0 Å². The Morgan fingerprint density at radius 1 is 1.00 bits per heavy atom. The van der Waals surface area contributed by atoms with Crippen molar-refractivity contribution in [1.82, 2.24) is 4.31 Å². The van der Waals surface area contributed by atoms with E-state index in [1.54, 1.807) is 34.5 Å². The molecule has 0 spiro atoms. The first-order chi connectivity index (χ1) is 10.5. The number of nitrogens with zero attached hydrogens (tertiary/aromatic N) is 2. The van der Waals surface area contributed by atoms with Gasteiger partial charge in [-0.1, -0.05) is 6.42 Å². The Morgan fingerprint density at radius 3 is 2.45 bits per heavy atom. The van der Waals surface area contributed by atoms with Gasteiger partial charge in [-0.05, 0) is 49.4 Å². The molecule has 0 radical (unpaired) electrons. The number of carbonyl (C=O) groups is 1. The van der Waals surface area contributed by atoms with Crippen molar-refractivity contribution in [3.63, 3.8) is 0 Å². The second-order valence-electron chi connectivity index (χ2n) is 6.06. The Labute approximate surface area is 132 Å². The molecule has 0 N–H and O–H groups in total. The normalized spacial score (nSPS) is 20.6. The highest BCUT2D eigenvalue weighted by atomic mass is 32.2. The van der Waals surface area contributed by atoms with Gasteiger partial charge in [0.05, 0.1) is 4.90 Å². The quantitative estimate of drug-likeness (QED) is 0.838. The smallest absolute Gasteiger partial charge is 0.243 e. The lowest BCUT2D eigenvalue weighted by molar-refractivity contribution is -0.118. The molecule has 0 unspecified atom stereocenters. The van der Waals surface area contributed by atoms with Gasteiger partial charge < -0.3 is 4.90 Å². The minimum absolute atomic E-state index is 0.0883. The summed E-state index contributed by atoms with van der Waals surface area (Å²) in [7, 11) is -1.65. The van der Waals surface area contributed by atoms with Crippen LogP contribution in [0.25, 0.3) is 0 Å². The molecule has 1 saturated heterocycles. The first-order valence-corrected chi connectivity index (χ1v) is 9.34. The molecular formula is C16H22N2O3S. The lowest BCUT2D eigenvalue weighted by Crippen LogP contribution is -2.35. The molecule has 6 heteroatoms. The van der Waals surface area contributed by atoms with Crippen molar-refractivity contribution in [2.75, 3.05) is 25.0 Å². The lowest BCUT2D eigenvalue weighted by Gasteiger charge is -2.26. The predicted molar refractivity (Wildman–Crippen MR) is 85.4 cm³/mol. The van der Waals surface area contributed by atoms with Gasteiger partial charge in [-0.25, -0.2) is 8.42 Å². The lowest BCUT2D eigenvalue weighted by atomic mass is 10.1. The van der Waals surface area contributed by atoms with Crippen LogP contribution >= 0.6 is 0 Å². The largest absolute Gasteiger partial charge is 0.315 e. The van der Waals surface area contributed by atoms with E-state index in [9.17, 15) is 13.2 Å². The van der Waals surface area contributed by atoms with Crippen LogP contribution in [-0.2, 0) is 21.2 Å². The van der Waals surface area contributed by atoms with E-state index >= 15 is 0 Å². The molecular weight excluding hydrogens is 300 g/mol. The fourth-order valence-corrected chi connectivity index (χ4v) is 4.80. The van der Waals surface area contributed by atoms with E-state index in [1.807, 2.05) is 0 Å². The number of rotatable bonds is 2. The summed E-state index contributed by atoms with van der Waals surface area (Å²) in [6, 6.07) is 5.17. The summed E-state index contributed by atoms with van der Waals surface area (Å²) in [5.74, 6) is 0.0883. The van der Waals surface area contributed by atoms with Crippen molar-refractivity contribution < 1.29 is 13.2 Å². The molecule has 0 atom stereocenters. The number of hydrogen-bond acceptors (Lipinski definition) is 3. The maximum Gasteiger partial charge on any atom is 0.243 e. The first-order valence-electron chi connectivity index (χ1n) is 7.90. The van der Waals surface area contributed by atoms with Crippen LogP contribution < -0.4 is 4.90 Å². The summed E-state index contributed by atoms with van der Waals surface area (Å²) in [5.41, 5.74) is 1.78. The molecule has 2 aliphatic rings. The van der Waals surface area contributed by atoms with Gasteiger partial charge in [0.1, 0.15) is 0 Å². The summed E-state index contributed by atoms with van der Waals surface area (Å²) < 4.78 is 27.1. The molecule has 0 aromatic heterocycles. The Hall–Kier alpha value is -1.40. The van der Waals surface area contributed by atoms with Crippen LogP contribution in [0.5, 0.6) is 0 Å². The van der Waals surface area contributed by atoms with Crippen LogP contribution in [0.3, 0.4) is 0 Å². The minimum Gasteiger partial charge on any atom is -0.315 e. The topological polar surface area (TPSA) is 57.7 Å². The molecule has 1 fully saturated rings. The zero-order valence-electron chi connectivity index (χ0n) is 12.9. The molecule has 1 aromatic rings. The van der Waals surface area contributed by atoms with Gasteiger partial charge in [-0.2, -0.15) is 4.31 Å². The zero-order valence-corrected chi connectivity index (χ0v) is 13.7. The second-order valence-corrected chi connectivity index (χ2v) is 8.00. The van der Waals surface area contributed by atoms with E-state index in [4.69, 9.17) is 0 Å². The van der Waals surface area contributed by atoms with E-state index in [2.05, 4.69) is 0 Å². The van der Waals surface area contributed by atoms with Gasteiger partial charge in [-0.15, -0.1) is 0 Å². The summed E-state index contributed by atoms with van der Waals surface area (Å²) in [5, 5.41) is 0. The van der Waals surface area contributed by atoms with Crippen LogP contribution in [0, 0.1) is 0 Å². The molecule has 3 rings (SSSR count). The van der Waals surface area contributed by atoms with Crippen LogP contribution in [0.2, 0.25) is 0 Å². The third-order valence-corrected chi connectivity index (χ3v) is 6.47. The van der Waals surface area contributed by atoms with Crippen molar-refractivity contribution in [2.45, 2.75) is 43.4 Å². The molecule has 0 aliphatic carbocycles. The number of amides is 1. The number of piperidine rings is 1. The molecule has 2 aliphatic heterocycles. The molecule has 22 heavy (non-hydrogen) atoms. The molecule has 1 aromatic carbocycles. The number of anilines is 1. The van der Waals surface area contributed by atoms with Crippen LogP contribution in [-0.4, -0.2) is 38.8 Å². The fourth-order valence-electron chi connectivity index (χ4n) is 3.24. The zero-order chi connectivity index (χ0) is 15.7. The second kappa shape index (κ2) is 6.01. The molecule has 0 saturated carbocycles. The standard InChI is InChI=1S/C16H22N2O3S/c1-17-15-9-8-14(12-13(15)6-5-7-16(17)19)22(20,21)18-10-3-2-4-11-18/h8-9,12H,2-7,10-11H2,1H3. The number of sulfonamides is 1. The van der Waals surface area contributed by atoms with E-state index in [1.165, 1.54) is 0 Å². The summed E-state index contributed by atoms with van der Waals surface area (Å²) >= 11 is 0. The Bertz CT molecular complexity index is 679. The van der Waals surface area contributed by atoms with Gasteiger partial charge in [0.15, 0.2) is 0 Å². The third kappa shape index (κ3) is 2.77. The molecule has 1 amide bonds. The average molecular weight is 322 g/mol. The molecule has 0 bridgehead atoms. The maximum absolute atomic E-state index is 12.8. The SMILES string of the molecule is CN1C(=O)CCCc2cc(S(=O)(=O)N3CCCCC3)ccc21. The van der Waals surface area contributed by atoms with Gasteiger partial charge in [0, 0.05) is 32.2 Å². The van der Waals surface area contributed by atoms with Crippen molar-refractivity contribution >= 4 is 21.6 Å². The number of hydrogen-bond donors (Lipinski definition) is 0. The monoisotopic (exact) mass is 322 g/mol. The number of fused-ring (bicyclic) bond motifs is 1. The van der Waals surface area contributed by atoms with Crippen LogP contribution in [0.1, 0.15) is 37.7 Å². The molecule has 5 nitrogen and oxygen atoms in total.